The first-order valence-electron chi connectivity index (χ1n) is 8.15. The van der Waals surface area contributed by atoms with Crippen LogP contribution in [-0.4, -0.2) is 27.8 Å². The van der Waals surface area contributed by atoms with Crippen LogP contribution in [0, 0.1) is 6.92 Å². The lowest BCUT2D eigenvalue weighted by atomic mass is 9.76. The number of rotatable bonds is 2. The van der Waals surface area contributed by atoms with E-state index in [4.69, 9.17) is 27.9 Å². The Labute approximate surface area is 166 Å². The van der Waals surface area contributed by atoms with Gasteiger partial charge in [-0.3, -0.25) is 9.59 Å². The largest absolute Gasteiger partial charge is 0.354 e. The van der Waals surface area contributed by atoms with Crippen LogP contribution in [0.5, 0.6) is 0 Å². The van der Waals surface area contributed by atoms with E-state index in [2.05, 4.69) is 4.98 Å². The fourth-order valence-electron chi connectivity index (χ4n) is 3.23. The number of ether oxygens (including phenoxy) is 1. The van der Waals surface area contributed by atoms with Crippen molar-refractivity contribution in [3.63, 3.8) is 0 Å². The first-order chi connectivity index (χ1) is 11.9. The second-order valence-corrected chi connectivity index (χ2v) is 9.39. The summed E-state index contributed by atoms with van der Waals surface area (Å²) in [5, 5.41) is 1.58. The Kier molecular flexibility index (Phi) is 4.81. The molecule has 2 aromatic rings. The molecule has 0 amide bonds. The molecule has 1 aliphatic heterocycles. The molecule has 0 aliphatic carbocycles. The molecule has 1 saturated heterocycles. The van der Waals surface area contributed by atoms with E-state index < -0.39 is 17.1 Å². The van der Waals surface area contributed by atoms with E-state index in [0.717, 1.165) is 10.4 Å². The molecule has 7 heteroatoms. The van der Waals surface area contributed by atoms with Crippen molar-refractivity contribution in [1.82, 2.24) is 4.98 Å². The molecule has 0 bridgehead atoms. The molecule has 1 aromatic heterocycles. The van der Waals surface area contributed by atoms with Crippen LogP contribution >= 0.6 is 34.5 Å². The Morgan fingerprint density at radius 2 is 1.62 bits per heavy atom. The number of hydrogen-bond donors (Lipinski definition) is 0. The molecule has 26 heavy (non-hydrogen) atoms. The molecule has 0 spiro atoms. The maximum absolute atomic E-state index is 12.9. The number of ketones is 2. The number of aryl methyl sites for hydroxylation is 1. The fraction of sp³-hybridized carbons (Fsp3) is 0.421. The second-order valence-electron chi connectivity index (χ2n) is 7.37. The van der Waals surface area contributed by atoms with Gasteiger partial charge in [0.1, 0.15) is 22.1 Å². The molecule has 0 atom stereocenters. The van der Waals surface area contributed by atoms with Crippen LogP contribution in [0.1, 0.15) is 44.2 Å². The quantitative estimate of drug-likeness (QED) is 0.634. The third kappa shape index (κ3) is 3.22. The van der Waals surface area contributed by atoms with E-state index in [9.17, 15) is 9.59 Å². The highest BCUT2D eigenvalue weighted by Gasteiger charge is 2.54. The molecule has 138 valence electrons. The summed E-state index contributed by atoms with van der Waals surface area (Å²) in [4.78, 5) is 31.3. The average molecular weight is 412 g/mol. The number of thiazole rings is 1. The van der Waals surface area contributed by atoms with Crippen molar-refractivity contribution >= 4 is 46.1 Å². The van der Waals surface area contributed by atoms with Gasteiger partial charge in [-0.2, -0.15) is 0 Å². The van der Waals surface area contributed by atoms with Crippen molar-refractivity contribution in [2.75, 3.05) is 0 Å². The molecule has 2 heterocycles. The topological polar surface area (TPSA) is 56.3 Å². The summed E-state index contributed by atoms with van der Waals surface area (Å²) in [7, 11) is 0. The number of hydrogen-bond acceptors (Lipinski definition) is 5. The van der Waals surface area contributed by atoms with Crippen molar-refractivity contribution in [3.8, 4) is 10.6 Å². The molecule has 0 saturated carbocycles. The maximum Gasteiger partial charge on any atom is 0.180 e. The summed E-state index contributed by atoms with van der Waals surface area (Å²) in [5.41, 5.74) is -0.816. The molecule has 0 unspecified atom stereocenters. The molecule has 4 nitrogen and oxygen atoms in total. The van der Waals surface area contributed by atoms with Crippen LogP contribution in [0.15, 0.2) is 18.2 Å². The van der Waals surface area contributed by atoms with Gasteiger partial charge in [-0.05, 0) is 46.8 Å². The van der Waals surface area contributed by atoms with Gasteiger partial charge in [0, 0.05) is 10.4 Å². The van der Waals surface area contributed by atoms with E-state index >= 15 is 0 Å². The minimum absolute atomic E-state index is 0.268. The summed E-state index contributed by atoms with van der Waals surface area (Å²) in [6.45, 7) is 8.64. The summed E-state index contributed by atoms with van der Waals surface area (Å²) in [5.74, 6) is -1.46. The van der Waals surface area contributed by atoms with Gasteiger partial charge in [0.2, 0.25) is 0 Å². The SMILES string of the molecule is Cc1sc(-c2ccc(Cl)c(Cl)c2)nc1C1C(=O)C(C)(C)OC(C)(C)C1=O. The third-order valence-corrected chi connectivity index (χ3v) is 6.27. The third-order valence-electron chi connectivity index (χ3n) is 4.49. The van der Waals surface area contributed by atoms with E-state index in [1.807, 2.05) is 13.0 Å². The van der Waals surface area contributed by atoms with Gasteiger partial charge in [0.15, 0.2) is 11.6 Å². The van der Waals surface area contributed by atoms with Gasteiger partial charge in [0.25, 0.3) is 0 Å². The van der Waals surface area contributed by atoms with Crippen molar-refractivity contribution in [2.24, 2.45) is 0 Å². The number of halogens is 2. The Hall–Kier alpha value is -1.27. The summed E-state index contributed by atoms with van der Waals surface area (Å²) >= 11 is 13.5. The molecular weight excluding hydrogens is 393 g/mol. The number of Topliss-reactive ketones (excluding diaryl/α,β-unsaturated/α-hetero) is 2. The minimum atomic E-state index is -1.05. The smallest absolute Gasteiger partial charge is 0.180 e. The number of nitrogens with zero attached hydrogens (tertiary/aromatic N) is 1. The Bertz CT molecular complexity index is 892. The van der Waals surface area contributed by atoms with Gasteiger partial charge in [-0.25, -0.2) is 4.98 Å². The van der Waals surface area contributed by atoms with E-state index in [1.54, 1.807) is 39.8 Å². The first-order valence-corrected chi connectivity index (χ1v) is 9.73. The van der Waals surface area contributed by atoms with Crippen LogP contribution < -0.4 is 0 Å². The molecule has 3 rings (SSSR count). The zero-order valence-electron chi connectivity index (χ0n) is 15.1. The maximum atomic E-state index is 12.9. The number of benzene rings is 1. The van der Waals surface area contributed by atoms with Gasteiger partial charge in [-0.15, -0.1) is 11.3 Å². The fourth-order valence-corrected chi connectivity index (χ4v) is 4.47. The summed E-state index contributed by atoms with van der Waals surface area (Å²) in [6.07, 6.45) is 0. The second kappa shape index (κ2) is 6.41. The first kappa shape index (κ1) is 19.5. The molecule has 0 radical (unpaired) electrons. The Morgan fingerprint density at radius 3 is 2.15 bits per heavy atom. The predicted octanol–water partition coefficient (Wildman–Crippen LogP) is 5.23. The monoisotopic (exact) mass is 411 g/mol. The lowest BCUT2D eigenvalue weighted by molar-refractivity contribution is -0.184. The van der Waals surface area contributed by atoms with Crippen LogP contribution in [0.3, 0.4) is 0 Å². The van der Waals surface area contributed by atoms with E-state index in [-0.39, 0.29) is 11.6 Å². The van der Waals surface area contributed by atoms with Crippen molar-refractivity contribution in [1.29, 1.82) is 0 Å². The highest BCUT2D eigenvalue weighted by atomic mass is 35.5. The summed E-state index contributed by atoms with van der Waals surface area (Å²) < 4.78 is 5.74. The molecule has 1 aliphatic rings. The van der Waals surface area contributed by atoms with Gasteiger partial charge in [-0.1, -0.05) is 29.3 Å². The highest BCUT2D eigenvalue weighted by Crippen LogP contribution is 2.41. The lowest BCUT2D eigenvalue weighted by Crippen LogP contribution is -2.58. The molecular formula is C19H19Cl2NO3S. The Balaban J connectivity index is 2.09. The van der Waals surface area contributed by atoms with E-state index in [0.29, 0.717) is 20.7 Å². The van der Waals surface area contributed by atoms with Crippen LogP contribution in [0.4, 0.5) is 0 Å². The van der Waals surface area contributed by atoms with E-state index in [1.165, 1.54) is 11.3 Å². The standard InChI is InChI=1S/C19H19Cl2NO3S/c1-9-14(13-15(23)18(2,3)25-19(4,5)16(13)24)22-17(26-9)10-6-7-11(20)12(21)8-10/h6-8,13H,1-5H3. The Morgan fingerprint density at radius 1 is 1.04 bits per heavy atom. The van der Waals surface area contributed by atoms with Gasteiger partial charge in [0.05, 0.1) is 15.7 Å². The van der Waals surface area contributed by atoms with Crippen LogP contribution in [0.2, 0.25) is 10.0 Å². The van der Waals surface area contributed by atoms with Gasteiger partial charge >= 0.3 is 0 Å². The average Bonchev–Trinajstić information content (AvgIpc) is 2.90. The molecule has 0 N–H and O–H groups in total. The molecule has 1 fully saturated rings. The normalized spacial score (nSPS) is 19.8. The zero-order chi connectivity index (χ0) is 19.4. The highest BCUT2D eigenvalue weighted by molar-refractivity contribution is 7.15. The predicted molar refractivity (Wildman–Crippen MR) is 104 cm³/mol. The lowest BCUT2D eigenvalue weighted by Gasteiger charge is -2.42. The zero-order valence-corrected chi connectivity index (χ0v) is 17.5. The van der Waals surface area contributed by atoms with Crippen LogP contribution in [0.25, 0.3) is 10.6 Å². The summed E-state index contributed by atoms with van der Waals surface area (Å²) in [6, 6.07) is 5.25. The number of carbonyl (C=O) groups excluding carboxylic acids is 2. The van der Waals surface area contributed by atoms with Crippen molar-refractivity contribution < 1.29 is 14.3 Å². The van der Waals surface area contributed by atoms with Crippen molar-refractivity contribution in [2.45, 2.75) is 51.7 Å². The number of aromatic nitrogens is 1. The van der Waals surface area contributed by atoms with Gasteiger partial charge < -0.3 is 4.74 Å². The molecule has 1 aromatic carbocycles. The minimum Gasteiger partial charge on any atom is -0.354 e. The number of carbonyl (C=O) groups is 2. The van der Waals surface area contributed by atoms with Crippen LogP contribution in [-0.2, 0) is 14.3 Å². The van der Waals surface area contributed by atoms with Crippen molar-refractivity contribution in [3.05, 3.63) is 38.8 Å².